The van der Waals surface area contributed by atoms with Crippen LogP contribution in [0.4, 0.5) is 0 Å². The molecule has 1 aliphatic carbocycles. The van der Waals surface area contributed by atoms with Crippen molar-refractivity contribution < 1.29 is 19.4 Å². The Balaban J connectivity index is 2.00. The molecule has 1 aliphatic rings. The minimum Gasteiger partial charge on any atom is -0.496 e. The van der Waals surface area contributed by atoms with E-state index in [4.69, 9.17) is 9.84 Å². The molecule has 1 fully saturated rings. The third-order valence-electron chi connectivity index (χ3n) is 3.52. The van der Waals surface area contributed by atoms with Crippen molar-refractivity contribution in [1.82, 2.24) is 5.32 Å². The number of methoxy groups -OCH3 is 1. The summed E-state index contributed by atoms with van der Waals surface area (Å²) in [5.74, 6) is -0.683. The number of carbonyl (C=O) groups excluding carboxylic acids is 1. The molecule has 2 N–H and O–H groups in total. The zero-order valence-electron chi connectivity index (χ0n) is 11.0. The largest absolute Gasteiger partial charge is 0.496 e. The van der Waals surface area contributed by atoms with Crippen molar-refractivity contribution in [2.45, 2.75) is 26.3 Å². The molecule has 102 valence electrons. The lowest BCUT2D eigenvalue weighted by Gasteiger charge is -2.12. The minimum absolute atomic E-state index is 0.310. The smallest absolute Gasteiger partial charge is 0.319 e. The molecular formula is C14H17NO4. The van der Waals surface area contributed by atoms with Crippen molar-refractivity contribution in [2.24, 2.45) is 5.41 Å². The predicted molar refractivity (Wildman–Crippen MR) is 68.9 cm³/mol. The normalized spacial score (nSPS) is 15.7. The van der Waals surface area contributed by atoms with Crippen LogP contribution in [-0.4, -0.2) is 24.1 Å². The van der Waals surface area contributed by atoms with Crippen LogP contribution in [0.2, 0.25) is 0 Å². The van der Waals surface area contributed by atoms with Gasteiger partial charge in [-0.1, -0.05) is 12.1 Å². The van der Waals surface area contributed by atoms with Gasteiger partial charge in [-0.25, -0.2) is 0 Å². The Morgan fingerprint density at radius 2 is 2.11 bits per heavy atom. The second-order valence-electron chi connectivity index (χ2n) is 4.87. The Hall–Kier alpha value is -2.04. The van der Waals surface area contributed by atoms with E-state index in [0.29, 0.717) is 19.4 Å². The molecule has 0 atom stereocenters. The van der Waals surface area contributed by atoms with Crippen LogP contribution in [0.15, 0.2) is 18.2 Å². The highest BCUT2D eigenvalue weighted by atomic mass is 16.5. The summed E-state index contributed by atoms with van der Waals surface area (Å²) in [6, 6.07) is 5.64. The molecule has 0 spiro atoms. The number of rotatable bonds is 5. The molecule has 1 aromatic carbocycles. The van der Waals surface area contributed by atoms with E-state index < -0.39 is 17.3 Å². The zero-order chi connectivity index (χ0) is 14.0. The van der Waals surface area contributed by atoms with Crippen molar-refractivity contribution in [3.05, 3.63) is 29.3 Å². The highest BCUT2D eigenvalue weighted by Crippen LogP contribution is 2.46. The van der Waals surface area contributed by atoms with Gasteiger partial charge < -0.3 is 15.2 Å². The van der Waals surface area contributed by atoms with Gasteiger partial charge in [0.1, 0.15) is 11.2 Å². The fraction of sp³-hybridized carbons (Fsp3) is 0.429. The molecule has 0 saturated heterocycles. The second kappa shape index (κ2) is 4.91. The van der Waals surface area contributed by atoms with Crippen molar-refractivity contribution in [1.29, 1.82) is 0 Å². The molecule has 5 nitrogen and oxygen atoms in total. The van der Waals surface area contributed by atoms with Crippen LogP contribution in [0.3, 0.4) is 0 Å². The Labute approximate surface area is 111 Å². The molecule has 0 unspecified atom stereocenters. The van der Waals surface area contributed by atoms with Crippen molar-refractivity contribution >= 4 is 11.9 Å². The van der Waals surface area contributed by atoms with Crippen LogP contribution in [0.5, 0.6) is 5.75 Å². The molecule has 5 heteroatoms. The highest BCUT2D eigenvalue weighted by Gasteiger charge is 2.56. The van der Waals surface area contributed by atoms with E-state index in [1.54, 1.807) is 7.11 Å². The lowest BCUT2D eigenvalue weighted by Crippen LogP contribution is -2.36. The van der Waals surface area contributed by atoms with Crippen molar-refractivity contribution in [3.63, 3.8) is 0 Å². The van der Waals surface area contributed by atoms with Crippen LogP contribution in [0.1, 0.15) is 24.0 Å². The topological polar surface area (TPSA) is 75.6 Å². The van der Waals surface area contributed by atoms with E-state index in [-0.39, 0.29) is 0 Å². The molecule has 2 rings (SSSR count). The lowest BCUT2D eigenvalue weighted by molar-refractivity contribution is -0.149. The fourth-order valence-electron chi connectivity index (χ4n) is 1.99. The number of amides is 1. The van der Waals surface area contributed by atoms with Gasteiger partial charge in [-0.15, -0.1) is 0 Å². The van der Waals surface area contributed by atoms with Crippen molar-refractivity contribution in [2.75, 3.05) is 7.11 Å². The molecule has 1 aromatic rings. The second-order valence-corrected chi connectivity index (χ2v) is 4.87. The SMILES string of the molecule is COc1cc(CNC(=O)C2(C(=O)O)CC2)ccc1C. The third-order valence-corrected chi connectivity index (χ3v) is 3.52. The van der Waals surface area contributed by atoms with E-state index in [2.05, 4.69) is 5.32 Å². The standard InChI is InChI=1S/C14H17NO4/c1-9-3-4-10(7-11(9)19-2)8-15-12(16)14(5-6-14)13(17)18/h3-4,7H,5-6,8H2,1-2H3,(H,15,16)(H,17,18). The zero-order valence-corrected chi connectivity index (χ0v) is 11.0. The molecule has 19 heavy (non-hydrogen) atoms. The number of nitrogens with one attached hydrogen (secondary N) is 1. The van der Waals surface area contributed by atoms with Crippen LogP contribution < -0.4 is 10.1 Å². The first kappa shape index (κ1) is 13.4. The number of carboxylic acids is 1. The van der Waals surface area contributed by atoms with Gasteiger partial charge in [-0.2, -0.15) is 0 Å². The molecule has 1 saturated carbocycles. The summed E-state index contributed by atoms with van der Waals surface area (Å²) in [4.78, 5) is 22.8. The highest BCUT2D eigenvalue weighted by molar-refractivity contribution is 6.04. The lowest BCUT2D eigenvalue weighted by atomic mass is 10.1. The monoisotopic (exact) mass is 263 g/mol. The van der Waals surface area contributed by atoms with Gasteiger partial charge in [0, 0.05) is 6.54 Å². The average Bonchev–Trinajstić information content (AvgIpc) is 3.19. The van der Waals surface area contributed by atoms with E-state index in [0.717, 1.165) is 16.9 Å². The number of hydrogen-bond acceptors (Lipinski definition) is 3. The summed E-state index contributed by atoms with van der Waals surface area (Å²) in [5, 5.41) is 11.7. The summed E-state index contributed by atoms with van der Waals surface area (Å²) in [5.41, 5.74) is 0.716. The average molecular weight is 263 g/mol. The molecule has 0 radical (unpaired) electrons. The number of aliphatic carboxylic acids is 1. The van der Waals surface area contributed by atoms with E-state index in [9.17, 15) is 9.59 Å². The van der Waals surface area contributed by atoms with Crippen LogP contribution in [0, 0.1) is 12.3 Å². The van der Waals surface area contributed by atoms with Gasteiger partial charge in [0.2, 0.25) is 5.91 Å². The third kappa shape index (κ3) is 2.54. The first-order valence-corrected chi connectivity index (χ1v) is 6.15. The van der Waals surface area contributed by atoms with E-state index >= 15 is 0 Å². The first-order chi connectivity index (χ1) is 8.99. The molecule has 0 aromatic heterocycles. The number of benzene rings is 1. The van der Waals surface area contributed by atoms with E-state index in [1.807, 2.05) is 25.1 Å². The Bertz CT molecular complexity index is 520. The fourth-order valence-corrected chi connectivity index (χ4v) is 1.99. The van der Waals surface area contributed by atoms with Gasteiger partial charge in [-0.3, -0.25) is 9.59 Å². The van der Waals surface area contributed by atoms with Crippen LogP contribution in [0.25, 0.3) is 0 Å². The number of carboxylic acid groups (broad SMARTS) is 1. The number of hydrogen-bond donors (Lipinski definition) is 2. The Morgan fingerprint density at radius 3 is 2.63 bits per heavy atom. The van der Waals surface area contributed by atoms with E-state index in [1.165, 1.54) is 0 Å². The first-order valence-electron chi connectivity index (χ1n) is 6.15. The van der Waals surface area contributed by atoms with Gasteiger partial charge in [-0.05, 0) is 37.0 Å². The summed E-state index contributed by atoms with van der Waals surface area (Å²) < 4.78 is 5.20. The molecule has 1 amide bonds. The summed E-state index contributed by atoms with van der Waals surface area (Å²) in [6.07, 6.45) is 0.844. The molecule has 0 bridgehead atoms. The number of aryl methyl sites for hydroxylation is 1. The summed E-state index contributed by atoms with van der Waals surface area (Å²) >= 11 is 0. The predicted octanol–water partition coefficient (Wildman–Crippen LogP) is 1.48. The number of carbonyl (C=O) groups is 2. The van der Waals surface area contributed by atoms with Crippen LogP contribution in [-0.2, 0) is 16.1 Å². The quantitative estimate of drug-likeness (QED) is 0.789. The number of ether oxygens (including phenoxy) is 1. The molecule has 0 heterocycles. The van der Waals surface area contributed by atoms with Gasteiger partial charge in [0.25, 0.3) is 0 Å². The van der Waals surface area contributed by atoms with Gasteiger partial charge in [0.15, 0.2) is 0 Å². The maximum atomic E-state index is 11.8. The Kier molecular flexibility index (Phi) is 3.46. The molecular weight excluding hydrogens is 246 g/mol. The van der Waals surface area contributed by atoms with Crippen LogP contribution >= 0.6 is 0 Å². The maximum absolute atomic E-state index is 11.8. The van der Waals surface area contributed by atoms with Gasteiger partial charge in [0.05, 0.1) is 7.11 Å². The van der Waals surface area contributed by atoms with Crippen molar-refractivity contribution in [3.8, 4) is 5.75 Å². The molecule has 0 aliphatic heterocycles. The minimum atomic E-state index is -1.19. The van der Waals surface area contributed by atoms with Gasteiger partial charge >= 0.3 is 5.97 Å². The maximum Gasteiger partial charge on any atom is 0.319 e. The Morgan fingerprint density at radius 1 is 1.42 bits per heavy atom. The summed E-state index contributed by atoms with van der Waals surface area (Å²) in [6.45, 7) is 2.25. The summed E-state index contributed by atoms with van der Waals surface area (Å²) in [7, 11) is 1.59.